The van der Waals surface area contributed by atoms with Crippen molar-refractivity contribution >= 4 is 27.5 Å². The number of likely N-dealkylation sites (N-methyl/N-ethyl adjacent to an activating group) is 1. The molecule has 0 aliphatic carbocycles. The zero-order valence-electron chi connectivity index (χ0n) is 14.5. The van der Waals surface area contributed by atoms with Gasteiger partial charge in [0.05, 0.1) is 18.8 Å². The van der Waals surface area contributed by atoms with Gasteiger partial charge in [-0.15, -0.1) is 4.40 Å². The standard InChI is InChI=1S/C18H19N3O4S/c1-3-25-15-10-6-5-9-14(15)19-17(22)12-21(2)18-13-8-4-7-11-16(13)26(23,24)20-18/h4-11H,3,12H2,1-2H3,(H,19,22). The number of sulfonamides is 1. The number of para-hydroxylation sites is 2. The number of benzene rings is 2. The smallest absolute Gasteiger partial charge is 0.285 e. The van der Waals surface area contributed by atoms with Gasteiger partial charge < -0.3 is 15.0 Å². The number of anilines is 1. The molecule has 2 aromatic carbocycles. The van der Waals surface area contributed by atoms with E-state index in [1.54, 1.807) is 43.4 Å². The van der Waals surface area contributed by atoms with Crippen molar-refractivity contribution in [3.63, 3.8) is 0 Å². The fourth-order valence-electron chi connectivity index (χ4n) is 2.70. The summed E-state index contributed by atoms with van der Waals surface area (Å²) < 4.78 is 33.6. The van der Waals surface area contributed by atoms with Gasteiger partial charge in [-0.25, -0.2) is 0 Å². The van der Waals surface area contributed by atoms with Gasteiger partial charge in [0.25, 0.3) is 10.0 Å². The monoisotopic (exact) mass is 373 g/mol. The minimum Gasteiger partial charge on any atom is -0.492 e. The molecule has 1 amide bonds. The molecule has 1 N–H and O–H groups in total. The first kappa shape index (κ1) is 17.9. The van der Waals surface area contributed by atoms with Crippen LogP contribution in [0.4, 0.5) is 5.69 Å². The summed E-state index contributed by atoms with van der Waals surface area (Å²) in [7, 11) is -2.08. The molecule has 0 saturated carbocycles. The third-order valence-electron chi connectivity index (χ3n) is 3.82. The van der Waals surface area contributed by atoms with Crippen molar-refractivity contribution in [1.82, 2.24) is 4.90 Å². The molecule has 2 aromatic rings. The van der Waals surface area contributed by atoms with E-state index in [2.05, 4.69) is 9.71 Å². The molecular weight excluding hydrogens is 354 g/mol. The van der Waals surface area contributed by atoms with Gasteiger partial charge >= 0.3 is 0 Å². The Balaban J connectivity index is 1.75. The number of carbonyl (C=O) groups is 1. The molecule has 1 aliphatic heterocycles. The Morgan fingerprint density at radius 2 is 1.85 bits per heavy atom. The molecule has 1 heterocycles. The number of carbonyl (C=O) groups excluding carboxylic acids is 1. The highest BCUT2D eigenvalue weighted by atomic mass is 32.2. The Kier molecular flexibility index (Phi) is 4.94. The molecule has 0 fully saturated rings. The van der Waals surface area contributed by atoms with Gasteiger partial charge in [0.15, 0.2) is 5.84 Å². The topological polar surface area (TPSA) is 88.1 Å². The number of ether oxygens (including phenoxy) is 1. The molecule has 136 valence electrons. The first-order valence-corrected chi connectivity index (χ1v) is 9.53. The summed E-state index contributed by atoms with van der Waals surface area (Å²) in [5.41, 5.74) is 1.06. The van der Waals surface area contributed by atoms with E-state index in [1.807, 2.05) is 13.0 Å². The van der Waals surface area contributed by atoms with Gasteiger partial charge in [0, 0.05) is 12.6 Å². The lowest BCUT2D eigenvalue weighted by molar-refractivity contribution is -0.116. The summed E-state index contributed by atoms with van der Waals surface area (Å²) >= 11 is 0. The van der Waals surface area contributed by atoms with Crippen molar-refractivity contribution in [2.24, 2.45) is 4.40 Å². The number of amides is 1. The number of rotatable bonds is 5. The minimum atomic E-state index is -3.71. The number of nitrogens with zero attached hydrogens (tertiary/aromatic N) is 2. The first-order valence-electron chi connectivity index (χ1n) is 8.09. The highest BCUT2D eigenvalue weighted by Crippen LogP contribution is 2.27. The van der Waals surface area contributed by atoms with Crippen LogP contribution in [0.1, 0.15) is 12.5 Å². The number of amidine groups is 1. The molecule has 1 aliphatic rings. The second-order valence-electron chi connectivity index (χ2n) is 5.72. The molecular formula is C18H19N3O4S. The van der Waals surface area contributed by atoms with E-state index in [1.165, 1.54) is 11.0 Å². The third kappa shape index (κ3) is 3.55. The lowest BCUT2D eigenvalue weighted by Crippen LogP contribution is -2.35. The molecule has 7 nitrogen and oxygen atoms in total. The highest BCUT2D eigenvalue weighted by Gasteiger charge is 2.30. The van der Waals surface area contributed by atoms with Gasteiger partial charge in [-0.2, -0.15) is 8.42 Å². The fourth-order valence-corrected chi connectivity index (χ4v) is 3.95. The largest absolute Gasteiger partial charge is 0.492 e. The van der Waals surface area contributed by atoms with Crippen LogP contribution in [0.25, 0.3) is 0 Å². The average molecular weight is 373 g/mol. The van der Waals surface area contributed by atoms with Gasteiger partial charge in [0.2, 0.25) is 5.91 Å². The molecule has 8 heteroatoms. The van der Waals surface area contributed by atoms with Crippen molar-refractivity contribution in [2.75, 3.05) is 25.5 Å². The molecule has 0 atom stereocenters. The SMILES string of the molecule is CCOc1ccccc1NC(=O)CN(C)C1=NS(=O)(=O)c2ccccc21. The van der Waals surface area contributed by atoms with E-state index in [0.717, 1.165) is 0 Å². The molecule has 26 heavy (non-hydrogen) atoms. The van der Waals surface area contributed by atoms with Gasteiger partial charge in [-0.05, 0) is 31.2 Å². The molecule has 0 radical (unpaired) electrons. The maximum Gasteiger partial charge on any atom is 0.285 e. The van der Waals surface area contributed by atoms with Crippen LogP contribution in [0.3, 0.4) is 0 Å². The Hall–Kier alpha value is -2.87. The molecule has 0 unspecified atom stereocenters. The van der Waals surface area contributed by atoms with Crippen molar-refractivity contribution in [3.05, 3.63) is 54.1 Å². The summed E-state index contributed by atoms with van der Waals surface area (Å²) in [5, 5.41) is 2.78. The Labute approximate surface area is 152 Å². The second kappa shape index (κ2) is 7.17. The summed E-state index contributed by atoms with van der Waals surface area (Å²) in [6.45, 7) is 2.30. The molecule has 3 rings (SSSR count). The summed E-state index contributed by atoms with van der Waals surface area (Å²) in [5.74, 6) is 0.537. The zero-order chi connectivity index (χ0) is 18.7. The van der Waals surface area contributed by atoms with Gasteiger partial charge in [0.1, 0.15) is 10.6 Å². The maximum absolute atomic E-state index is 12.4. The summed E-state index contributed by atoms with van der Waals surface area (Å²) in [6, 6.07) is 13.7. The summed E-state index contributed by atoms with van der Waals surface area (Å²) in [6.07, 6.45) is 0. The van der Waals surface area contributed by atoms with Crippen molar-refractivity contribution in [2.45, 2.75) is 11.8 Å². The second-order valence-corrected chi connectivity index (χ2v) is 7.29. The normalized spacial score (nSPS) is 14.3. The number of hydrogen-bond donors (Lipinski definition) is 1. The van der Waals surface area contributed by atoms with Crippen LogP contribution >= 0.6 is 0 Å². The van der Waals surface area contributed by atoms with Crippen LogP contribution < -0.4 is 10.1 Å². The Bertz CT molecular complexity index is 970. The Morgan fingerprint density at radius 1 is 1.15 bits per heavy atom. The third-order valence-corrected chi connectivity index (χ3v) is 5.14. The van der Waals surface area contributed by atoms with Crippen LogP contribution in [0.5, 0.6) is 5.75 Å². The van der Waals surface area contributed by atoms with Crippen molar-refractivity contribution in [3.8, 4) is 5.75 Å². The minimum absolute atomic E-state index is 0.0524. The molecule has 0 spiro atoms. The number of fused-ring (bicyclic) bond motifs is 1. The van der Waals surface area contributed by atoms with E-state index < -0.39 is 10.0 Å². The van der Waals surface area contributed by atoms with Crippen LogP contribution in [-0.2, 0) is 14.8 Å². The fraction of sp³-hybridized carbons (Fsp3) is 0.222. The summed E-state index contributed by atoms with van der Waals surface area (Å²) in [4.78, 5) is 14.1. The zero-order valence-corrected chi connectivity index (χ0v) is 15.3. The van der Waals surface area contributed by atoms with Crippen LogP contribution in [0.15, 0.2) is 57.8 Å². The van der Waals surface area contributed by atoms with Gasteiger partial charge in [-0.3, -0.25) is 4.79 Å². The maximum atomic E-state index is 12.4. The molecule has 0 aromatic heterocycles. The molecule has 0 saturated heterocycles. The first-order chi connectivity index (χ1) is 12.4. The van der Waals surface area contributed by atoms with E-state index in [-0.39, 0.29) is 23.2 Å². The predicted octanol–water partition coefficient (Wildman–Crippen LogP) is 2.10. The lowest BCUT2D eigenvalue weighted by Gasteiger charge is -2.19. The van der Waals surface area contributed by atoms with Crippen LogP contribution in [0.2, 0.25) is 0 Å². The van der Waals surface area contributed by atoms with Crippen molar-refractivity contribution in [1.29, 1.82) is 0 Å². The number of nitrogens with one attached hydrogen (secondary N) is 1. The van der Waals surface area contributed by atoms with Crippen LogP contribution in [-0.4, -0.2) is 45.3 Å². The van der Waals surface area contributed by atoms with E-state index in [4.69, 9.17) is 4.74 Å². The lowest BCUT2D eigenvalue weighted by atomic mass is 10.2. The van der Waals surface area contributed by atoms with E-state index in [9.17, 15) is 13.2 Å². The Morgan fingerprint density at radius 3 is 2.62 bits per heavy atom. The number of hydrogen-bond acceptors (Lipinski definition) is 5. The van der Waals surface area contributed by atoms with Gasteiger partial charge in [-0.1, -0.05) is 24.3 Å². The molecule has 0 bridgehead atoms. The van der Waals surface area contributed by atoms with E-state index in [0.29, 0.717) is 23.6 Å². The van der Waals surface area contributed by atoms with E-state index >= 15 is 0 Å². The van der Waals surface area contributed by atoms with Crippen molar-refractivity contribution < 1.29 is 17.9 Å². The predicted molar refractivity (Wildman–Crippen MR) is 99.0 cm³/mol. The highest BCUT2D eigenvalue weighted by molar-refractivity contribution is 7.90. The van der Waals surface area contributed by atoms with Crippen LogP contribution in [0, 0.1) is 0 Å². The quantitative estimate of drug-likeness (QED) is 0.867. The average Bonchev–Trinajstić information content (AvgIpc) is 2.89.